The van der Waals surface area contributed by atoms with Crippen molar-refractivity contribution in [3.05, 3.63) is 23.1 Å². The molecule has 0 unspecified atom stereocenters. The Balaban J connectivity index is 1.77. The van der Waals surface area contributed by atoms with Crippen LogP contribution >= 0.6 is 15.9 Å². The summed E-state index contributed by atoms with van der Waals surface area (Å²) in [5, 5.41) is 5.31. The third kappa shape index (κ3) is 3.38. The van der Waals surface area contributed by atoms with Crippen LogP contribution in [0.4, 0.5) is 9.18 Å². The van der Waals surface area contributed by atoms with Crippen LogP contribution in [0.2, 0.25) is 0 Å². The molecule has 1 aliphatic rings. The van der Waals surface area contributed by atoms with Gasteiger partial charge in [-0.25, -0.2) is 9.18 Å². The number of pyridine rings is 1. The second-order valence-corrected chi connectivity index (χ2v) is 7.68. The summed E-state index contributed by atoms with van der Waals surface area (Å²) in [4.78, 5) is 17.6. The summed E-state index contributed by atoms with van der Waals surface area (Å²) in [5.41, 5.74) is 0.191. The van der Waals surface area contributed by atoms with Crippen LogP contribution in [0.5, 0.6) is 0 Å². The molecule has 0 N–H and O–H groups in total. The fraction of sp³-hybridized carbons (Fsp3) is 0.562. The summed E-state index contributed by atoms with van der Waals surface area (Å²) in [6, 6.07) is 1.41. The van der Waals surface area contributed by atoms with Crippen molar-refractivity contribution in [2.24, 2.45) is 0 Å². The number of ether oxygens (including phenoxy) is 1. The van der Waals surface area contributed by atoms with Gasteiger partial charge in [0, 0.05) is 18.1 Å². The smallest absolute Gasteiger partial charge is 0.410 e. The van der Waals surface area contributed by atoms with Crippen LogP contribution in [-0.4, -0.2) is 50.6 Å². The molecule has 0 radical (unpaired) electrons. The monoisotopic (exact) mass is 398 g/mol. The number of rotatable bonds is 1. The molecule has 1 amide bonds. The maximum atomic E-state index is 14.8. The average molecular weight is 399 g/mol. The lowest BCUT2D eigenvalue weighted by molar-refractivity contribution is 0.00611. The first-order chi connectivity index (χ1) is 11.3. The lowest BCUT2D eigenvalue weighted by Crippen LogP contribution is -2.47. The lowest BCUT2D eigenvalue weighted by Gasteiger charge is -2.35. The Labute approximate surface area is 148 Å². The highest BCUT2D eigenvalue weighted by atomic mass is 79.9. The van der Waals surface area contributed by atoms with E-state index in [2.05, 4.69) is 26.0 Å². The average Bonchev–Trinajstić information content (AvgIpc) is 2.83. The maximum Gasteiger partial charge on any atom is 0.410 e. The number of halogens is 2. The SMILES string of the molecule is CC(C)(C)OC(=O)N1CC[C@H](n2nc(Br)c3ccncc32)[C@H](F)C1. The largest absolute Gasteiger partial charge is 0.444 e. The standard InChI is InChI=1S/C16H20BrFN4O2/c1-16(2,3)24-15(23)21-7-5-12(11(18)9-21)22-13-8-19-6-4-10(13)14(17)20-22/h4,6,8,11-12H,5,7,9H2,1-3H3/t11-,12+/m1/s1. The van der Waals surface area contributed by atoms with E-state index in [0.29, 0.717) is 17.6 Å². The van der Waals surface area contributed by atoms with E-state index in [-0.39, 0.29) is 6.54 Å². The minimum Gasteiger partial charge on any atom is -0.444 e. The van der Waals surface area contributed by atoms with Crippen molar-refractivity contribution in [1.82, 2.24) is 19.7 Å². The van der Waals surface area contributed by atoms with E-state index in [4.69, 9.17) is 4.74 Å². The van der Waals surface area contributed by atoms with Gasteiger partial charge in [0.05, 0.1) is 24.3 Å². The third-order valence-corrected chi connectivity index (χ3v) is 4.52. The van der Waals surface area contributed by atoms with Gasteiger partial charge in [-0.2, -0.15) is 5.10 Å². The quantitative estimate of drug-likeness (QED) is 0.734. The summed E-state index contributed by atoms with van der Waals surface area (Å²) >= 11 is 3.41. The first kappa shape index (κ1) is 17.1. The second-order valence-electron chi connectivity index (χ2n) is 6.93. The van der Waals surface area contributed by atoms with Gasteiger partial charge in [-0.1, -0.05) is 0 Å². The molecule has 24 heavy (non-hydrogen) atoms. The molecule has 1 fully saturated rings. The van der Waals surface area contributed by atoms with Crippen LogP contribution in [-0.2, 0) is 4.74 Å². The van der Waals surface area contributed by atoms with Gasteiger partial charge in [0.25, 0.3) is 0 Å². The minimum atomic E-state index is -1.22. The Morgan fingerprint density at radius 1 is 1.46 bits per heavy atom. The van der Waals surface area contributed by atoms with Gasteiger partial charge in [-0.05, 0) is 49.2 Å². The predicted octanol–water partition coefficient (Wildman–Crippen LogP) is 3.71. The Kier molecular flexibility index (Phi) is 4.50. The molecule has 6 nitrogen and oxygen atoms in total. The Bertz CT molecular complexity index is 758. The fourth-order valence-electron chi connectivity index (χ4n) is 2.86. The molecule has 1 saturated heterocycles. The van der Waals surface area contributed by atoms with Crippen molar-refractivity contribution in [1.29, 1.82) is 0 Å². The topological polar surface area (TPSA) is 60.2 Å². The van der Waals surface area contributed by atoms with Crippen LogP contribution in [0.1, 0.15) is 33.2 Å². The molecule has 3 heterocycles. The first-order valence-electron chi connectivity index (χ1n) is 7.86. The summed E-state index contributed by atoms with van der Waals surface area (Å²) in [6.45, 7) is 5.82. The first-order valence-corrected chi connectivity index (χ1v) is 8.65. The summed E-state index contributed by atoms with van der Waals surface area (Å²) in [5.74, 6) is 0. The number of aromatic nitrogens is 3. The van der Waals surface area contributed by atoms with E-state index in [1.54, 1.807) is 37.8 Å². The summed E-state index contributed by atoms with van der Waals surface area (Å²) in [6.07, 6.45) is 2.13. The van der Waals surface area contributed by atoms with Gasteiger partial charge < -0.3 is 9.64 Å². The zero-order valence-corrected chi connectivity index (χ0v) is 15.5. The van der Waals surface area contributed by atoms with Crippen LogP contribution in [0, 0.1) is 0 Å². The third-order valence-electron chi connectivity index (χ3n) is 3.94. The molecule has 0 saturated carbocycles. The van der Waals surface area contributed by atoms with Crippen LogP contribution in [0.15, 0.2) is 23.1 Å². The molecule has 130 valence electrons. The number of fused-ring (bicyclic) bond motifs is 1. The van der Waals surface area contributed by atoms with Crippen molar-refractivity contribution in [2.45, 2.75) is 45.0 Å². The lowest BCUT2D eigenvalue weighted by atomic mass is 10.0. The van der Waals surface area contributed by atoms with Gasteiger partial charge in [-0.15, -0.1) is 0 Å². The zero-order valence-electron chi connectivity index (χ0n) is 13.9. The van der Waals surface area contributed by atoms with Crippen LogP contribution < -0.4 is 0 Å². The normalized spacial score (nSPS) is 22.0. The van der Waals surface area contributed by atoms with E-state index in [1.807, 2.05) is 6.07 Å². The van der Waals surface area contributed by atoms with Gasteiger partial charge in [0.15, 0.2) is 0 Å². The van der Waals surface area contributed by atoms with Gasteiger partial charge in [0.2, 0.25) is 0 Å². The van der Waals surface area contributed by atoms with Crippen molar-refractivity contribution in [3.8, 4) is 0 Å². The van der Waals surface area contributed by atoms with E-state index in [1.165, 1.54) is 4.90 Å². The highest BCUT2D eigenvalue weighted by molar-refractivity contribution is 9.10. The molecule has 0 aliphatic carbocycles. The van der Waals surface area contributed by atoms with E-state index in [0.717, 1.165) is 10.9 Å². The molecule has 0 bridgehead atoms. The number of hydrogen-bond donors (Lipinski definition) is 0. The predicted molar refractivity (Wildman–Crippen MR) is 91.6 cm³/mol. The van der Waals surface area contributed by atoms with Crippen molar-refractivity contribution >= 4 is 32.9 Å². The molecular weight excluding hydrogens is 379 g/mol. The number of carbonyl (C=O) groups excluding carboxylic acids is 1. The number of alkyl halides is 1. The number of nitrogens with zero attached hydrogens (tertiary/aromatic N) is 4. The summed E-state index contributed by atoms with van der Waals surface area (Å²) in [7, 11) is 0. The minimum absolute atomic E-state index is 0.00118. The molecule has 8 heteroatoms. The van der Waals surface area contributed by atoms with Crippen molar-refractivity contribution in [2.75, 3.05) is 13.1 Å². The fourth-order valence-corrected chi connectivity index (χ4v) is 3.36. The van der Waals surface area contributed by atoms with Crippen molar-refractivity contribution in [3.63, 3.8) is 0 Å². The number of piperidine rings is 1. The van der Waals surface area contributed by atoms with E-state index >= 15 is 0 Å². The van der Waals surface area contributed by atoms with E-state index in [9.17, 15) is 9.18 Å². The van der Waals surface area contributed by atoms with Gasteiger partial charge in [-0.3, -0.25) is 9.67 Å². The Hall–Kier alpha value is -1.70. The van der Waals surface area contributed by atoms with E-state index < -0.39 is 23.9 Å². The molecule has 0 spiro atoms. The number of likely N-dealkylation sites (tertiary alicyclic amines) is 1. The molecule has 1 aliphatic heterocycles. The highest BCUT2D eigenvalue weighted by Crippen LogP contribution is 2.31. The number of amides is 1. The molecule has 3 rings (SSSR count). The maximum absolute atomic E-state index is 14.8. The number of hydrogen-bond acceptors (Lipinski definition) is 4. The van der Waals surface area contributed by atoms with Crippen molar-refractivity contribution < 1.29 is 13.9 Å². The summed E-state index contributed by atoms with van der Waals surface area (Å²) < 4.78 is 22.4. The number of carbonyl (C=O) groups is 1. The van der Waals surface area contributed by atoms with Gasteiger partial charge in [0.1, 0.15) is 16.4 Å². The van der Waals surface area contributed by atoms with Gasteiger partial charge >= 0.3 is 6.09 Å². The second kappa shape index (κ2) is 6.31. The van der Waals surface area contributed by atoms with Crippen LogP contribution in [0.3, 0.4) is 0 Å². The Morgan fingerprint density at radius 2 is 2.21 bits per heavy atom. The zero-order chi connectivity index (χ0) is 17.5. The Morgan fingerprint density at radius 3 is 2.88 bits per heavy atom. The molecule has 2 atom stereocenters. The van der Waals surface area contributed by atoms with Crippen LogP contribution in [0.25, 0.3) is 10.9 Å². The highest BCUT2D eigenvalue weighted by Gasteiger charge is 2.35. The molecular formula is C16H20BrFN4O2. The molecule has 0 aromatic carbocycles. The molecule has 2 aromatic rings. The molecule has 2 aromatic heterocycles.